The zero-order valence-electron chi connectivity index (χ0n) is 14.2. The minimum absolute atomic E-state index is 0.0482. The summed E-state index contributed by atoms with van der Waals surface area (Å²) >= 11 is 0. The maximum atomic E-state index is 9.34. The van der Waals surface area contributed by atoms with Gasteiger partial charge in [-0.3, -0.25) is 0 Å². The Morgan fingerprint density at radius 1 is 1.04 bits per heavy atom. The fourth-order valence-electron chi connectivity index (χ4n) is 2.71. The highest BCUT2D eigenvalue weighted by atomic mass is 16.3. The van der Waals surface area contributed by atoms with Crippen molar-refractivity contribution in [1.82, 2.24) is 9.97 Å². The van der Waals surface area contributed by atoms with Gasteiger partial charge >= 0.3 is 0 Å². The Bertz CT molecular complexity index is 830. The molecule has 0 amide bonds. The summed E-state index contributed by atoms with van der Waals surface area (Å²) in [7, 11) is 0. The Morgan fingerprint density at radius 2 is 1.88 bits per heavy atom. The fraction of sp³-hybridized carbons (Fsp3) is 0.300. The van der Waals surface area contributed by atoms with Gasteiger partial charge in [0.05, 0.1) is 12.1 Å². The van der Waals surface area contributed by atoms with Crippen LogP contribution in [0.1, 0.15) is 25.8 Å². The predicted octanol–water partition coefficient (Wildman–Crippen LogP) is 4.25. The van der Waals surface area contributed by atoms with Gasteiger partial charge in [0.1, 0.15) is 12.1 Å². The first kappa shape index (κ1) is 16.4. The third kappa shape index (κ3) is 3.71. The molecule has 0 radical (unpaired) electrons. The van der Waals surface area contributed by atoms with E-state index in [4.69, 9.17) is 0 Å². The number of aromatic nitrogens is 2. The van der Waals surface area contributed by atoms with Crippen LogP contribution in [0.25, 0.3) is 22.0 Å². The van der Waals surface area contributed by atoms with Crippen LogP contribution in [0.5, 0.6) is 0 Å². The Labute approximate surface area is 142 Å². The van der Waals surface area contributed by atoms with Crippen molar-refractivity contribution in [3.8, 4) is 11.1 Å². The van der Waals surface area contributed by atoms with Crippen molar-refractivity contribution in [3.05, 3.63) is 54.4 Å². The van der Waals surface area contributed by atoms with Gasteiger partial charge in [-0.1, -0.05) is 38.1 Å². The topological polar surface area (TPSA) is 58.0 Å². The zero-order chi connectivity index (χ0) is 16.9. The van der Waals surface area contributed by atoms with Gasteiger partial charge < -0.3 is 10.4 Å². The highest BCUT2D eigenvalue weighted by molar-refractivity contribution is 5.92. The predicted molar refractivity (Wildman–Crippen MR) is 98.8 cm³/mol. The van der Waals surface area contributed by atoms with E-state index in [0.717, 1.165) is 46.4 Å². The number of aliphatic hydroxyl groups excluding tert-OH is 1. The van der Waals surface area contributed by atoms with Gasteiger partial charge in [-0.2, -0.15) is 0 Å². The molecule has 3 aromatic rings. The van der Waals surface area contributed by atoms with Gasteiger partial charge in [-0.15, -0.1) is 0 Å². The van der Waals surface area contributed by atoms with Crippen LogP contribution in [0.2, 0.25) is 0 Å². The second-order valence-electron chi connectivity index (χ2n) is 6.42. The Morgan fingerprint density at radius 3 is 2.67 bits per heavy atom. The lowest BCUT2D eigenvalue weighted by molar-refractivity contribution is 0.282. The standard InChI is InChI=1S/C20H23N3O/c1-14(2)8-9-21-20-18-11-17(6-7-19(18)22-13-23-20)16-5-3-4-15(10-16)12-24/h3-7,10-11,13-14,24H,8-9,12H2,1-2H3,(H,21,22,23). The monoisotopic (exact) mass is 321 g/mol. The summed E-state index contributed by atoms with van der Waals surface area (Å²) in [5, 5.41) is 13.8. The minimum atomic E-state index is 0.0482. The number of nitrogens with one attached hydrogen (secondary N) is 1. The number of hydrogen-bond donors (Lipinski definition) is 2. The molecule has 2 N–H and O–H groups in total. The van der Waals surface area contributed by atoms with Crippen LogP contribution in [0, 0.1) is 5.92 Å². The molecule has 0 saturated heterocycles. The second kappa shape index (κ2) is 7.41. The molecule has 4 nitrogen and oxygen atoms in total. The molecule has 1 aromatic heterocycles. The van der Waals surface area contributed by atoms with Gasteiger partial charge in [0.2, 0.25) is 0 Å². The summed E-state index contributed by atoms with van der Waals surface area (Å²) in [5.74, 6) is 1.53. The van der Waals surface area contributed by atoms with Crippen LogP contribution in [0.15, 0.2) is 48.8 Å². The van der Waals surface area contributed by atoms with Gasteiger partial charge in [-0.25, -0.2) is 9.97 Å². The molecule has 2 aromatic carbocycles. The number of anilines is 1. The van der Waals surface area contributed by atoms with Crippen LogP contribution in [0.4, 0.5) is 5.82 Å². The quantitative estimate of drug-likeness (QED) is 0.712. The largest absolute Gasteiger partial charge is 0.392 e. The van der Waals surface area contributed by atoms with Crippen molar-refractivity contribution < 1.29 is 5.11 Å². The first-order valence-corrected chi connectivity index (χ1v) is 8.36. The molecule has 0 spiro atoms. The van der Waals surface area contributed by atoms with E-state index in [1.165, 1.54) is 0 Å². The number of rotatable bonds is 6. The van der Waals surface area contributed by atoms with Crippen LogP contribution >= 0.6 is 0 Å². The number of fused-ring (bicyclic) bond motifs is 1. The van der Waals surface area contributed by atoms with E-state index in [1.807, 2.05) is 24.3 Å². The summed E-state index contributed by atoms with van der Waals surface area (Å²) < 4.78 is 0. The fourth-order valence-corrected chi connectivity index (χ4v) is 2.71. The van der Waals surface area contributed by atoms with Crippen molar-refractivity contribution in [2.75, 3.05) is 11.9 Å². The number of hydrogen-bond acceptors (Lipinski definition) is 4. The van der Waals surface area contributed by atoms with Crippen molar-refractivity contribution in [2.45, 2.75) is 26.9 Å². The maximum absolute atomic E-state index is 9.34. The van der Waals surface area contributed by atoms with E-state index in [2.05, 4.69) is 47.3 Å². The third-order valence-corrected chi connectivity index (χ3v) is 4.09. The number of benzene rings is 2. The molecule has 0 fully saturated rings. The summed E-state index contributed by atoms with van der Waals surface area (Å²) in [4.78, 5) is 8.77. The summed E-state index contributed by atoms with van der Waals surface area (Å²) in [6.07, 6.45) is 2.70. The second-order valence-corrected chi connectivity index (χ2v) is 6.42. The normalized spacial score (nSPS) is 11.2. The Hall–Kier alpha value is -2.46. The first-order chi connectivity index (χ1) is 11.7. The summed E-state index contributed by atoms with van der Waals surface area (Å²) in [6.45, 7) is 5.37. The molecule has 0 bridgehead atoms. The molecule has 0 atom stereocenters. The van der Waals surface area contributed by atoms with Crippen LogP contribution < -0.4 is 5.32 Å². The summed E-state index contributed by atoms with van der Waals surface area (Å²) in [6, 6.07) is 14.1. The molecule has 1 heterocycles. The molecule has 124 valence electrons. The minimum Gasteiger partial charge on any atom is -0.392 e. The molecule has 0 aliphatic rings. The van der Waals surface area contributed by atoms with E-state index in [-0.39, 0.29) is 6.61 Å². The molecular formula is C20H23N3O. The average Bonchev–Trinajstić information content (AvgIpc) is 2.61. The van der Waals surface area contributed by atoms with E-state index < -0.39 is 0 Å². The van der Waals surface area contributed by atoms with Gasteiger partial charge in [-0.05, 0) is 47.2 Å². The average molecular weight is 321 g/mol. The molecule has 24 heavy (non-hydrogen) atoms. The lowest BCUT2D eigenvalue weighted by Crippen LogP contribution is -2.06. The molecule has 0 unspecified atom stereocenters. The lowest BCUT2D eigenvalue weighted by Gasteiger charge is -2.11. The molecule has 3 rings (SSSR count). The van der Waals surface area contributed by atoms with Crippen molar-refractivity contribution >= 4 is 16.7 Å². The van der Waals surface area contributed by atoms with Crippen LogP contribution in [-0.4, -0.2) is 21.6 Å². The molecule has 4 heteroatoms. The van der Waals surface area contributed by atoms with Crippen molar-refractivity contribution in [3.63, 3.8) is 0 Å². The van der Waals surface area contributed by atoms with E-state index in [0.29, 0.717) is 5.92 Å². The SMILES string of the molecule is CC(C)CCNc1ncnc2ccc(-c3cccc(CO)c3)cc12. The van der Waals surface area contributed by atoms with E-state index in [9.17, 15) is 5.11 Å². The third-order valence-electron chi connectivity index (χ3n) is 4.09. The Balaban J connectivity index is 1.96. The molecule has 0 aliphatic carbocycles. The van der Waals surface area contributed by atoms with E-state index >= 15 is 0 Å². The van der Waals surface area contributed by atoms with E-state index in [1.54, 1.807) is 6.33 Å². The highest BCUT2D eigenvalue weighted by Gasteiger charge is 2.07. The maximum Gasteiger partial charge on any atom is 0.137 e. The summed E-state index contributed by atoms with van der Waals surface area (Å²) in [5.41, 5.74) is 4.02. The molecular weight excluding hydrogens is 298 g/mol. The number of aliphatic hydroxyl groups is 1. The number of nitrogens with zero attached hydrogens (tertiary/aromatic N) is 2. The Kier molecular flexibility index (Phi) is 5.06. The van der Waals surface area contributed by atoms with Crippen LogP contribution in [-0.2, 0) is 6.61 Å². The highest BCUT2D eigenvalue weighted by Crippen LogP contribution is 2.27. The van der Waals surface area contributed by atoms with Gasteiger partial charge in [0.25, 0.3) is 0 Å². The smallest absolute Gasteiger partial charge is 0.137 e. The molecule has 0 aliphatic heterocycles. The lowest BCUT2D eigenvalue weighted by atomic mass is 10.0. The first-order valence-electron chi connectivity index (χ1n) is 8.36. The van der Waals surface area contributed by atoms with Crippen molar-refractivity contribution in [1.29, 1.82) is 0 Å². The van der Waals surface area contributed by atoms with Crippen molar-refractivity contribution in [2.24, 2.45) is 5.92 Å². The van der Waals surface area contributed by atoms with Gasteiger partial charge in [0, 0.05) is 11.9 Å². The zero-order valence-corrected chi connectivity index (χ0v) is 14.2. The van der Waals surface area contributed by atoms with Crippen LogP contribution in [0.3, 0.4) is 0 Å². The van der Waals surface area contributed by atoms with Gasteiger partial charge in [0.15, 0.2) is 0 Å². The molecule has 0 saturated carbocycles.